The number of nitrogens with one attached hydrogen (secondary N) is 1. The van der Waals surface area contributed by atoms with Gasteiger partial charge < -0.3 is 14.4 Å². The lowest BCUT2D eigenvalue weighted by Gasteiger charge is -2.06. The third-order valence-corrected chi connectivity index (χ3v) is 3.94. The zero-order valence-electron chi connectivity index (χ0n) is 12.0. The van der Waals surface area contributed by atoms with Crippen LogP contribution in [0.2, 0.25) is 0 Å². The van der Waals surface area contributed by atoms with E-state index in [4.69, 9.17) is 4.52 Å². The fourth-order valence-corrected chi connectivity index (χ4v) is 2.67. The van der Waals surface area contributed by atoms with E-state index in [2.05, 4.69) is 50.5 Å². The summed E-state index contributed by atoms with van der Waals surface area (Å²) in [5.41, 5.74) is 2.56. The van der Waals surface area contributed by atoms with Crippen LogP contribution in [0, 0.1) is 6.92 Å². The average molecular weight is 282 g/mol. The fourth-order valence-electron chi connectivity index (χ4n) is 2.67. The second-order valence-electron chi connectivity index (χ2n) is 5.68. The van der Waals surface area contributed by atoms with Gasteiger partial charge in [-0.15, -0.1) is 0 Å². The van der Waals surface area contributed by atoms with E-state index in [1.54, 1.807) is 0 Å². The molecule has 0 amide bonds. The van der Waals surface area contributed by atoms with Gasteiger partial charge in [0.05, 0.1) is 0 Å². The maximum Gasteiger partial charge on any atom is 0.246 e. The molecule has 1 N–H and O–H groups in total. The van der Waals surface area contributed by atoms with Crippen LogP contribution >= 0.6 is 0 Å². The van der Waals surface area contributed by atoms with Gasteiger partial charge in [-0.3, -0.25) is 0 Å². The third-order valence-electron chi connectivity index (χ3n) is 3.94. The predicted octanol–water partition coefficient (Wildman–Crippen LogP) is 2.63. The molecule has 0 saturated heterocycles. The van der Waals surface area contributed by atoms with Crippen molar-refractivity contribution in [3.05, 3.63) is 47.7 Å². The Morgan fingerprint density at radius 3 is 3.00 bits per heavy atom. The van der Waals surface area contributed by atoms with Crippen LogP contribution in [0.3, 0.4) is 0 Å². The minimum Gasteiger partial charge on any atom is -0.338 e. The maximum absolute atomic E-state index is 5.21. The molecular formula is C16H18N4O. The van der Waals surface area contributed by atoms with E-state index in [-0.39, 0.29) is 0 Å². The molecule has 0 spiro atoms. The number of nitrogens with zero attached hydrogens (tertiary/aromatic N) is 3. The highest BCUT2D eigenvalue weighted by Crippen LogP contribution is 2.23. The van der Waals surface area contributed by atoms with Crippen molar-refractivity contribution in [2.24, 2.45) is 0 Å². The van der Waals surface area contributed by atoms with E-state index in [0.29, 0.717) is 18.3 Å². The van der Waals surface area contributed by atoms with E-state index < -0.39 is 0 Å². The van der Waals surface area contributed by atoms with E-state index >= 15 is 0 Å². The number of benzene rings is 1. The van der Waals surface area contributed by atoms with E-state index in [1.165, 1.54) is 29.3 Å². The zero-order valence-corrected chi connectivity index (χ0v) is 12.0. The Balaban J connectivity index is 1.62. The Labute approximate surface area is 123 Å². The molecule has 0 atom stereocenters. The first kappa shape index (κ1) is 12.6. The SMILES string of the molecule is Cc1noc(Cn2ccc3c(CNC4CC4)cccc32)n1. The lowest BCUT2D eigenvalue weighted by molar-refractivity contribution is 0.369. The number of aryl methyl sites for hydroxylation is 1. The highest BCUT2D eigenvalue weighted by molar-refractivity contribution is 5.83. The van der Waals surface area contributed by atoms with Gasteiger partial charge >= 0.3 is 0 Å². The molecule has 5 heteroatoms. The minimum absolute atomic E-state index is 0.615. The molecule has 2 heterocycles. The highest BCUT2D eigenvalue weighted by Gasteiger charge is 2.20. The van der Waals surface area contributed by atoms with Gasteiger partial charge in [0.15, 0.2) is 5.82 Å². The van der Waals surface area contributed by atoms with Crippen molar-refractivity contribution < 1.29 is 4.52 Å². The molecular weight excluding hydrogens is 264 g/mol. The molecule has 1 aliphatic rings. The summed E-state index contributed by atoms with van der Waals surface area (Å²) in [7, 11) is 0. The second kappa shape index (κ2) is 5.00. The van der Waals surface area contributed by atoms with Gasteiger partial charge in [-0.2, -0.15) is 4.98 Å². The topological polar surface area (TPSA) is 55.9 Å². The number of hydrogen-bond donors (Lipinski definition) is 1. The van der Waals surface area contributed by atoms with Crippen LogP contribution in [-0.2, 0) is 13.1 Å². The second-order valence-corrected chi connectivity index (χ2v) is 5.68. The van der Waals surface area contributed by atoms with Gasteiger partial charge in [0.2, 0.25) is 5.89 Å². The van der Waals surface area contributed by atoms with Gasteiger partial charge in [-0.1, -0.05) is 17.3 Å². The quantitative estimate of drug-likeness (QED) is 0.781. The van der Waals surface area contributed by atoms with Gasteiger partial charge in [-0.25, -0.2) is 0 Å². The zero-order chi connectivity index (χ0) is 14.2. The number of rotatable bonds is 5. The molecule has 1 aliphatic carbocycles. The van der Waals surface area contributed by atoms with E-state index in [1.807, 2.05) is 6.92 Å². The summed E-state index contributed by atoms with van der Waals surface area (Å²) in [6, 6.07) is 9.34. The first-order chi connectivity index (χ1) is 10.3. The summed E-state index contributed by atoms with van der Waals surface area (Å²) in [5.74, 6) is 1.32. The molecule has 1 saturated carbocycles. The van der Waals surface area contributed by atoms with Crippen molar-refractivity contribution in [2.45, 2.75) is 38.9 Å². The molecule has 2 aromatic heterocycles. The van der Waals surface area contributed by atoms with Crippen LogP contribution in [0.4, 0.5) is 0 Å². The summed E-state index contributed by atoms with van der Waals surface area (Å²) in [5, 5.41) is 8.71. The normalized spacial score (nSPS) is 14.9. The molecule has 0 unspecified atom stereocenters. The largest absolute Gasteiger partial charge is 0.338 e. The third kappa shape index (κ3) is 2.56. The van der Waals surface area contributed by atoms with Crippen molar-refractivity contribution in [1.82, 2.24) is 20.0 Å². The number of aromatic nitrogens is 3. The Hall–Kier alpha value is -2.14. The van der Waals surface area contributed by atoms with Crippen LogP contribution < -0.4 is 5.32 Å². The summed E-state index contributed by atoms with van der Waals surface area (Å²) in [4.78, 5) is 4.27. The van der Waals surface area contributed by atoms with Gasteiger partial charge in [0.1, 0.15) is 6.54 Å². The highest BCUT2D eigenvalue weighted by atomic mass is 16.5. The molecule has 0 radical (unpaired) electrons. The van der Waals surface area contributed by atoms with E-state index in [0.717, 1.165) is 12.6 Å². The monoisotopic (exact) mass is 282 g/mol. The molecule has 21 heavy (non-hydrogen) atoms. The van der Waals surface area contributed by atoms with Crippen molar-refractivity contribution >= 4 is 10.9 Å². The summed E-state index contributed by atoms with van der Waals surface area (Å²) >= 11 is 0. The number of fused-ring (bicyclic) bond motifs is 1. The summed E-state index contributed by atoms with van der Waals surface area (Å²) < 4.78 is 7.37. The average Bonchev–Trinajstić information content (AvgIpc) is 3.10. The minimum atomic E-state index is 0.615. The Kier molecular flexibility index (Phi) is 3.00. The smallest absolute Gasteiger partial charge is 0.246 e. The maximum atomic E-state index is 5.21. The Morgan fingerprint density at radius 1 is 1.33 bits per heavy atom. The number of hydrogen-bond acceptors (Lipinski definition) is 4. The molecule has 0 bridgehead atoms. The van der Waals surface area contributed by atoms with Gasteiger partial charge in [0, 0.05) is 29.7 Å². The summed E-state index contributed by atoms with van der Waals surface area (Å²) in [6.07, 6.45) is 4.71. The molecule has 4 rings (SSSR count). The molecule has 5 nitrogen and oxygen atoms in total. The lowest BCUT2D eigenvalue weighted by atomic mass is 10.1. The Bertz CT molecular complexity index is 770. The first-order valence-corrected chi connectivity index (χ1v) is 7.39. The van der Waals surface area contributed by atoms with Crippen molar-refractivity contribution in [1.29, 1.82) is 0 Å². The summed E-state index contributed by atoms with van der Waals surface area (Å²) in [6.45, 7) is 3.39. The van der Waals surface area contributed by atoms with Gasteiger partial charge in [-0.05, 0) is 37.5 Å². The van der Waals surface area contributed by atoms with Gasteiger partial charge in [0.25, 0.3) is 0 Å². The molecule has 1 fully saturated rings. The standard InChI is InChI=1S/C16H18N4O/c1-11-18-16(21-19-11)10-20-8-7-14-12(3-2-4-15(14)20)9-17-13-5-6-13/h2-4,7-8,13,17H,5-6,9-10H2,1H3. The molecule has 108 valence electrons. The van der Waals surface area contributed by atoms with Crippen molar-refractivity contribution in [2.75, 3.05) is 0 Å². The Morgan fingerprint density at radius 2 is 2.24 bits per heavy atom. The van der Waals surface area contributed by atoms with Crippen LogP contribution in [0.25, 0.3) is 10.9 Å². The van der Waals surface area contributed by atoms with Crippen LogP contribution in [-0.4, -0.2) is 20.7 Å². The molecule has 3 aromatic rings. The molecule has 1 aromatic carbocycles. The first-order valence-electron chi connectivity index (χ1n) is 7.39. The van der Waals surface area contributed by atoms with Crippen molar-refractivity contribution in [3.63, 3.8) is 0 Å². The van der Waals surface area contributed by atoms with Crippen LogP contribution in [0.15, 0.2) is 35.0 Å². The molecule has 0 aliphatic heterocycles. The fraction of sp³-hybridized carbons (Fsp3) is 0.375. The van der Waals surface area contributed by atoms with Crippen LogP contribution in [0.5, 0.6) is 0 Å². The predicted molar refractivity (Wildman–Crippen MR) is 79.9 cm³/mol. The van der Waals surface area contributed by atoms with Crippen molar-refractivity contribution in [3.8, 4) is 0 Å². The van der Waals surface area contributed by atoms with E-state index in [9.17, 15) is 0 Å². The van der Waals surface area contributed by atoms with Crippen LogP contribution in [0.1, 0.15) is 30.1 Å². The lowest BCUT2D eigenvalue weighted by Crippen LogP contribution is -2.15.